The van der Waals surface area contributed by atoms with Gasteiger partial charge in [-0.15, -0.1) is 0 Å². The van der Waals surface area contributed by atoms with Gasteiger partial charge in [-0.25, -0.2) is 4.39 Å². The van der Waals surface area contributed by atoms with Gasteiger partial charge in [-0.05, 0) is 52.7 Å². The number of aromatic nitrogens is 1. The van der Waals surface area contributed by atoms with Crippen molar-refractivity contribution in [2.75, 3.05) is 6.54 Å². The molecule has 1 N–H and O–H groups in total. The van der Waals surface area contributed by atoms with Crippen molar-refractivity contribution in [3.63, 3.8) is 0 Å². The molecule has 0 radical (unpaired) electrons. The zero-order valence-corrected chi connectivity index (χ0v) is 12.8. The number of pyridine rings is 1. The Labute approximate surface area is 126 Å². The second-order valence-electron chi connectivity index (χ2n) is 4.38. The largest absolute Gasteiger partial charge is 0.454 e. The van der Waals surface area contributed by atoms with Crippen molar-refractivity contribution in [1.29, 1.82) is 0 Å². The molecule has 3 nitrogen and oxygen atoms in total. The third-order valence-electron chi connectivity index (χ3n) is 2.65. The molecule has 0 aliphatic carbocycles. The molecule has 0 atom stereocenters. The Morgan fingerprint density at radius 1 is 1.30 bits per heavy atom. The minimum Gasteiger partial charge on any atom is -0.454 e. The van der Waals surface area contributed by atoms with Crippen LogP contribution in [0.15, 0.2) is 41.1 Å². The number of hydrogen-bond donors (Lipinski definition) is 1. The van der Waals surface area contributed by atoms with E-state index in [0.29, 0.717) is 16.0 Å². The average molecular weight is 339 g/mol. The van der Waals surface area contributed by atoms with Gasteiger partial charge in [0.25, 0.3) is 0 Å². The molecule has 0 amide bonds. The molecule has 2 aromatic rings. The van der Waals surface area contributed by atoms with Gasteiger partial charge >= 0.3 is 0 Å². The van der Waals surface area contributed by atoms with Crippen molar-refractivity contribution >= 4 is 15.9 Å². The van der Waals surface area contributed by atoms with Crippen LogP contribution in [-0.2, 0) is 6.54 Å². The smallest absolute Gasteiger partial charge is 0.146 e. The molecule has 1 heterocycles. The number of ether oxygens (including phenoxy) is 1. The maximum absolute atomic E-state index is 13.2. The molecule has 0 saturated heterocycles. The van der Waals surface area contributed by atoms with Gasteiger partial charge in [0.1, 0.15) is 17.3 Å². The minimum atomic E-state index is -0.336. The fraction of sp³-hybridized carbons (Fsp3) is 0.267. The number of nitrogens with zero attached hydrogens (tertiary/aromatic N) is 1. The zero-order chi connectivity index (χ0) is 14.4. The number of rotatable bonds is 6. The van der Waals surface area contributed by atoms with E-state index in [1.807, 2.05) is 6.07 Å². The van der Waals surface area contributed by atoms with E-state index < -0.39 is 0 Å². The molecule has 2 rings (SSSR count). The van der Waals surface area contributed by atoms with Crippen LogP contribution < -0.4 is 10.1 Å². The van der Waals surface area contributed by atoms with Crippen molar-refractivity contribution in [1.82, 2.24) is 10.3 Å². The molecule has 0 bridgehead atoms. The molecule has 0 saturated carbocycles. The highest BCUT2D eigenvalue weighted by atomic mass is 79.9. The molecule has 0 aliphatic heterocycles. The summed E-state index contributed by atoms with van der Waals surface area (Å²) in [4.78, 5) is 4.14. The summed E-state index contributed by atoms with van der Waals surface area (Å²) in [6, 6.07) is 6.23. The average Bonchev–Trinajstić information content (AvgIpc) is 2.44. The minimum absolute atomic E-state index is 0.336. The zero-order valence-electron chi connectivity index (χ0n) is 11.2. The fourth-order valence-corrected chi connectivity index (χ4v) is 2.04. The first-order valence-corrected chi connectivity index (χ1v) is 7.26. The lowest BCUT2D eigenvalue weighted by atomic mass is 10.2. The van der Waals surface area contributed by atoms with Crippen LogP contribution in [0.2, 0.25) is 0 Å². The van der Waals surface area contributed by atoms with Crippen molar-refractivity contribution in [3.8, 4) is 11.5 Å². The topological polar surface area (TPSA) is 34.2 Å². The second-order valence-corrected chi connectivity index (χ2v) is 5.24. The quantitative estimate of drug-likeness (QED) is 0.798. The van der Waals surface area contributed by atoms with E-state index in [1.54, 1.807) is 18.5 Å². The highest BCUT2D eigenvalue weighted by Crippen LogP contribution is 2.30. The van der Waals surface area contributed by atoms with E-state index >= 15 is 0 Å². The third-order valence-corrected chi connectivity index (χ3v) is 3.30. The molecule has 0 aliphatic rings. The highest BCUT2D eigenvalue weighted by Gasteiger charge is 2.05. The maximum atomic E-state index is 13.2. The Hall–Kier alpha value is -1.46. The lowest BCUT2D eigenvalue weighted by Crippen LogP contribution is -2.13. The lowest BCUT2D eigenvalue weighted by molar-refractivity contribution is 0.470. The first-order chi connectivity index (χ1) is 9.69. The van der Waals surface area contributed by atoms with Gasteiger partial charge in [0.15, 0.2) is 0 Å². The van der Waals surface area contributed by atoms with E-state index in [9.17, 15) is 4.39 Å². The second kappa shape index (κ2) is 7.36. The van der Waals surface area contributed by atoms with Crippen molar-refractivity contribution in [3.05, 3.63) is 52.5 Å². The van der Waals surface area contributed by atoms with E-state index in [0.717, 1.165) is 25.1 Å². The fourth-order valence-electron chi connectivity index (χ4n) is 1.71. The van der Waals surface area contributed by atoms with Gasteiger partial charge < -0.3 is 10.1 Å². The van der Waals surface area contributed by atoms with E-state index in [-0.39, 0.29) is 5.82 Å². The molecular formula is C15H16BrFN2O. The third kappa shape index (κ3) is 4.28. The van der Waals surface area contributed by atoms with Crippen molar-refractivity contribution in [2.45, 2.75) is 19.9 Å². The van der Waals surface area contributed by atoms with Crippen LogP contribution >= 0.6 is 15.9 Å². The van der Waals surface area contributed by atoms with Crippen molar-refractivity contribution < 1.29 is 9.13 Å². The number of benzene rings is 1. The maximum Gasteiger partial charge on any atom is 0.146 e. The molecule has 0 fully saturated rings. The first-order valence-electron chi connectivity index (χ1n) is 6.46. The summed E-state index contributed by atoms with van der Waals surface area (Å²) < 4.78 is 19.6. The van der Waals surface area contributed by atoms with Crippen molar-refractivity contribution in [2.24, 2.45) is 0 Å². The summed E-state index contributed by atoms with van der Waals surface area (Å²) in [7, 11) is 0. The Morgan fingerprint density at radius 2 is 2.15 bits per heavy atom. The van der Waals surface area contributed by atoms with Gasteiger partial charge in [0.05, 0.1) is 10.7 Å². The van der Waals surface area contributed by atoms with E-state index in [2.05, 4.69) is 33.2 Å². The van der Waals surface area contributed by atoms with Crippen LogP contribution in [-0.4, -0.2) is 11.5 Å². The van der Waals surface area contributed by atoms with Crippen LogP contribution in [0, 0.1) is 5.82 Å². The van der Waals surface area contributed by atoms with Gasteiger partial charge in [-0.3, -0.25) is 4.98 Å². The van der Waals surface area contributed by atoms with Crippen LogP contribution in [0.25, 0.3) is 0 Å². The first kappa shape index (κ1) is 14.9. The Balaban J connectivity index is 2.09. The van der Waals surface area contributed by atoms with E-state index in [1.165, 1.54) is 12.1 Å². The van der Waals surface area contributed by atoms with Gasteiger partial charge in [-0.2, -0.15) is 0 Å². The molecule has 1 aromatic carbocycles. The number of halogens is 2. The van der Waals surface area contributed by atoms with Crippen LogP contribution in [0.4, 0.5) is 4.39 Å². The lowest BCUT2D eigenvalue weighted by Gasteiger charge is -2.09. The standard InChI is InChI=1S/C15H16BrFN2O/c1-2-5-18-8-11-6-13(10-19-9-11)20-15-7-12(17)3-4-14(15)16/h3-4,6-7,9-10,18H,2,5,8H2,1H3. The predicted molar refractivity (Wildman–Crippen MR) is 80.4 cm³/mol. The van der Waals surface area contributed by atoms with Gasteiger partial charge in [0, 0.05) is 18.8 Å². The van der Waals surface area contributed by atoms with Gasteiger partial charge in [0.2, 0.25) is 0 Å². The molecule has 0 unspecified atom stereocenters. The van der Waals surface area contributed by atoms with Crippen LogP contribution in [0.3, 0.4) is 0 Å². The van der Waals surface area contributed by atoms with Crippen LogP contribution in [0.5, 0.6) is 11.5 Å². The Bertz CT molecular complexity index is 578. The Kier molecular flexibility index (Phi) is 5.49. The summed E-state index contributed by atoms with van der Waals surface area (Å²) in [6.45, 7) is 3.81. The molecule has 20 heavy (non-hydrogen) atoms. The predicted octanol–water partition coefficient (Wildman–Crippen LogP) is 4.28. The van der Waals surface area contributed by atoms with E-state index in [4.69, 9.17) is 4.74 Å². The number of hydrogen-bond acceptors (Lipinski definition) is 3. The van der Waals surface area contributed by atoms with Gasteiger partial charge in [-0.1, -0.05) is 6.92 Å². The van der Waals surface area contributed by atoms with Crippen LogP contribution in [0.1, 0.15) is 18.9 Å². The summed E-state index contributed by atoms with van der Waals surface area (Å²) in [5.41, 5.74) is 1.03. The Morgan fingerprint density at radius 3 is 2.95 bits per heavy atom. The molecular weight excluding hydrogens is 323 g/mol. The molecule has 5 heteroatoms. The molecule has 106 valence electrons. The monoisotopic (exact) mass is 338 g/mol. The summed E-state index contributed by atoms with van der Waals surface area (Å²) in [6.07, 6.45) is 4.48. The SMILES string of the molecule is CCCNCc1cncc(Oc2cc(F)ccc2Br)c1. The summed E-state index contributed by atoms with van der Waals surface area (Å²) >= 11 is 3.33. The summed E-state index contributed by atoms with van der Waals surface area (Å²) in [5, 5.41) is 3.30. The number of nitrogens with one attached hydrogen (secondary N) is 1. The molecule has 0 spiro atoms. The summed E-state index contributed by atoms with van der Waals surface area (Å²) in [5.74, 6) is 0.689. The highest BCUT2D eigenvalue weighted by molar-refractivity contribution is 9.10. The molecule has 1 aromatic heterocycles. The normalized spacial score (nSPS) is 10.6.